The van der Waals surface area contributed by atoms with Crippen molar-refractivity contribution in [2.75, 3.05) is 12.5 Å². The van der Waals surface area contributed by atoms with Gasteiger partial charge < -0.3 is 4.74 Å². The van der Waals surface area contributed by atoms with Crippen LogP contribution in [0.1, 0.15) is 11.7 Å². The van der Waals surface area contributed by atoms with E-state index in [2.05, 4.69) is 0 Å². The zero-order valence-corrected chi connectivity index (χ0v) is 11.3. The van der Waals surface area contributed by atoms with Crippen LogP contribution in [0, 0.1) is 5.92 Å². The first kappa shape index (κ1) is 12.8. The molecular formula is C11H10Cl4O. The van der Waals surface area contributed by atoms with Crippen LogP contribution in [0.2, 0.25) is 5.02 Å². The summed E-state index contributed by atoms with van der Waals surface area (Å²) in [4.78, 5) is 0. The van der Waals surface area contributed by atoms with Crippen LogP contribution in [0.25, 0.3) is 0 Å². The molecule has 0 amide bonds. The van der Waals surface area contributed by atoms with Gasteiger partial charge in [-0.25, -0.2) is 0 Å². The Morgan fingerprint density at radius 3 is 2.56 bits per heavy atom. The van der Waals surface area contributed by atoms with Gasteiger partial charge in [-0.3, -0.25) is 0 Å². The van der Waals surface area contributed by atoms with E-state index in [0.717, 1.165) is 5.56 Å². The van der Waals surface area contributed by atoms with E-state index in [0.29, 0.717) is 17.5 Å². The highest BCUT2D eigenvalue weighted by Gasteiger charge is 2.50. The predicted octanol–water partition coefficient (Wildman–Crippen LogP) is 4.44. The maximum atomic E-state index is 6.30. The van der Waals surface area contributed by atoms with Crippen LogP contribution in [0.3, 0.4) is 0 Å². The molecular weight excluding hydrogens is 290 g/mol. The summed E-state index contributed by atoms with van der Waals surface area (Å²) >= 11 is 24.5. The predicted molar refractivity (Wildman–Crippen MR) is 68.8 cm³/mol. The van der Waals surface area contributed by atoms with Gasteiger partial charge in [-0.05, 0) is 6.07 Å². The highest BCUT2D eigenvalue weighted by Crippen LogP contribution is 2.51. The molecule has 1 aromatic carbocycles. The molecule has 0 saturated carbocycles. The fourth-order valence-electron chi connectivity index (χ4n) is 1.78. The minimum atomic E-state index is -1.02. The Balaban J connectivity index is 2.33. The number of ether oxygens (including phenoxy) is 1. The first-order valence-electron chi connectivity index (χ1n) is 4.87. The molecule has 1 unspecified atom stereocenters. The minimum absolute atomic E-state index is 0.0845. The smallest absolute Gasteiger partial charge is 0.154 e. The SMILES string of the molecule is ClC[C@@H]1COC(c2ccccc2Cl)C1(Cl)Cl. The standard InChI is InChI=1S/C11H10Cl4O/c12-5-7-6-16-10(11(7,14)15)8-3-1-2-4-9(8)13/h1-4,7,10H,5-6H2/t7-,10?/m1/s1. The Labute approximate surface area is 115 Å². The van der Waals surface area contributed by atoms with Crippen molar-refractivity contribution >= 4 is 46.4 Å². The molecule has 1 aliphatic rings. The number of halogens is 4. The first-order valence-corrected chi connectivity index (χ1v) is 6.54. The fourth-order valence-corrected chi connectivity index (χ4v) is 3.15. The van der Waals surface area contributed by atoms with Gasteiger partial charge in [0.15, 0.2) is 4.33 Å². The lowest BCUT2D eigenvalue weighted by Crippen LogP contribution is -2.27. The van der Waals surface area contributed by atoms with E-state index < -0.39 is 10.4 Å². The Hall–Kier alpha value is 0.340. The maximum Gasteiger partial charge on any atom is 0.154 e. The molecule has 0 aromatic heterocycles. The van der Waals surface area contributed by atoms with Gasteiger partial charge in [0, 0.05) is 22.4 Å². The van der Waals surface area contributed by atoms with Crippen LogP contribution in [0.4, 0.5) is 0 Å². The van der Waals surface area contributed by atoms with Crippen LogP contribution in [-0.2, 0) is 4.74 Å². The fraction of sp³-hybridized carbons (Fsp3) is 0.455. The van der Waals surface area contributed by atoms with Crippen molar-refractivity contribution in [1.29, 1.82) is 0 Å². The van der Waals surface area contributed by atoms with E-state index in [-0.39, 0.29) is 5.92 Å². The Bertz CT molecular complexity index is 380. The van der Waals surface area contributed by atoms with E-state index in [1.165, 1.54) is 0 Å². The van der Waals surface area contributed by atoms with Crippen LogP contribution in [-0.4, -0.2) is 16.8 Å². The third kappa shape index (κ3) is 2.16. The molecule has 0 spiro atoms. The second-order valence-corrected chi connectivity index (χ2v) is 5.92. The normalized spacial score (nSPS) is 28.2. The van der Waals surface area contributed by atoms with Crippen molar-refractivity contribution in [1.82, 2.24) is 0 Å². The zero-order chi connectivity index (χ0) is 11.8. The third-order valence-electron chi connectivity index (χ3n) is 2.73. The van der Waals surface area contributed by atoms with E-state index in [1.807, 2.05) is 18.2 Å². The van der Waals surface area contributed by atoms with Crippen LogP contribution < -0.4 is 0 Å². The van der Waals surface area contributed by atoms with Crippen LogP contribution in [0.15, 0.2) is 24.3 Å². The quantitative estimate of drug-likeness (QED) is 0.734. The van der Waals surface area contributed by atoms with Crippen molar-refractivity contribution in [2.45, 2.75) is 10.4 Å². The summed E-state index contributed by atoms with van der Waals surface area (Å²) in [5.74, 6) is 0.285. The molecule has 0 radical (unpaired) electrons. The largest absolute Gasteiger partial charge is 0.370 e. The molecule has 88 valence electrons. The highest BCUT2D eigenvalue weighted by molar-refractivity contribution is 6.49. The number of hydrogen-bond donors (Lipinski definition) is 0. The van der Waals surface area contributed by atoms with Crippen molar-refractivity contribution in [3.8, 4) is 0 Å². The van der Waals surface area contributed by atoms with Gasteiger partial charge >= 0.3 is 0 Å². The summed E-state index contributed by atoms with van der Waals surface area (Å²) in [6, 6.07) is 7.38. The minimum Gasteiger partial charge on any atom is -0.370 e. The summed E-state index contributed by atoms with van der Waals surface area (Å²) in [5, 5.41) is 0.605. The molecule has 0 bridgehead atoms. The summed E-state index contributed by atoms with van der Waals surface area (Å²) < 4.78 is 4.58. The average molecular weight is 300 g/mol. The van der Waals surface area contributed by atoms with Gasteiger partial charge in [0.2, 0.25) is 0 Å². The van der Waals surface area contributed by atoms with E-state index in [1.54, 1.807) is 6.07 Å². The molecule has 2 rings (SSSR count). The lowest BCUT2D eigenvalue weighted by Gasteiger charge is -2.25. The number of rotatable bonds is 2. The summed E-state index contributed by atoms with van der Waals surface area (Å²) in [6.45, 7) is 0.451. The van der Waals surface area contributed by atoms with Crippen molar-refractivity contribution in [2.24, 2.45) is 5.92 Å². The average Bonchev–Trinajstić information content (AvgIpc) is 2.54. The highest BCUT2D eigenvalue weighted by atomic mass is 35.5. The summed E-state index contributed by atoms with van der Waals surface area (Å²) in [5.41, 5.74) is 0.807. The number of alkyl halides is 3. The van der Waals surface area contributed by atoms with Gasteiger partial charge in [-0.15, -0.1) is 11.6 Å². The van der Waals surface area contributed by atoms with E-state index in [4.69, 9.17) is 51.1 Å². The molecule has 1 nitrogen and oxygen atoms in total. The monoisotopic (exact) mass is 298 g/mol. The van der Waals surface area contributed by atoms with E-state index >= 15 is 0 Å². The van der Waals surface area contributed by atoms with Gasteiger partial charge in [0.05, 0.1) is 6.61 Å². The van der Waals surface area contributed by atoms with Crippen LogP contribution >= 0.6 is 46.4 Å². The molecule has 5 heteroatoms. The molecule has 16 heavy (non-hydrogen) atoms. The lowest BCUT2D eigenvalue weighted by atomic mass is 10.0. The molecule has 1 heterocycles. The summed E-state index contributed by atoms with van der Waals surface area (Å²) in [6.07, 6.45) is -0.423. The molecule has 0 N–H and O–H groups in total. The molecule has 1 saturated heterocycles. The van der Waals surface area contributed by atoms with Crippen molar-refractivity contribution in [3.05, 3.63) is 34.9 Å². The van der Waals surface area contributed by atoms with Gasteiger partial charge in [0.1, 0.15) is 6.10 Å². The first-order chi connectivity index (χ1) is 7.57. The van der Waals surface area contributed by atoms with Gasteiger partial charge in [-0.2, -0.15) is 0 Å². The third-order valence-corrected chi connectivity index (χ3v) is 4.46. The zero-order valence-electron chi connectivity index (χ0n) is 8.30. The Morgan fingerprint density at radius 1 is 1.31 bits per heavy atom. The second-order valence-electron chi connectivity index (χ2n) is 3.76. The number of benzene rings is 1. The van der Waals surface area contributed by atoms with Crippen molar-refractivity contribution < 1.29 is 4.74 Å². The van der Waals surface area contributed by atoms with Gasteiger partial charge in [0.25, 0.3) is 0 Å². The maximum absolute atomic E-state index is 6.30. The number of hydrogen-bond acceptors (Lipinski definition) is 1. The Morgan fingerprint density at radius 2 is 2.00 bits per heavy atom. The molecule has 1 aromatic rings. The molecule has 1 fully saturated rings. The van der Waals surface area contributed by atoms with Crippen LogP contribution in [0.5, 0.6) is 0 Å². The van der Waals surface area contributed by atoms with Gasteiger partial charge in [-0.1, -0.05) is 53.0 Å². The lowest BCUT2D eigenvalue weighted by molar-refractivity contribution is 0.106. The Kier molecular flexibility index (Phi) is 3.93. The second kappa shape index (κ2) is 4.91. The molecule has 0 aliphatic carbocycles. The summed E-state index contributed by atoms with van der Waals surface area (Å²) in [7, 11) is 0. The topological polar surface area (TPSA) is 9.23 Å². The van der Waals surface area contributed by atoms with E-state index in [9.17, 15) is 0 Å². The molecule has 2 atom stereocenters. The molecule has 1 aliphatic heterocycles. The van der Waals surface area contributed by atoms with Crippen molar-refractivity contribution in [3.63, 3.8) is 0 Å².